The molecule has 0 bridgehead atoms. The van der Waals surface area contributed by atoms with E-state index >= 15 is 0 Å². The Labute approximate surface area is 222 Å². The highest BCUT2D eigenvalue weighted by Crippen LogP contribution is 2.47. The molecule has 0 spiro atoms. The first-order valence-corrected chi connectivity index (χ1v) is 12.7. The zero-order valence-corrected chi connectivity index (χ0v) is 21.1. The third kappa shape index (κ3) is 3.82. The van der Waals surface area contributed by atoms with E-state index < -0.39 is 5.82 Å². The van der Waals surface area contributed by atoms with Gasteiger partial charge < -0.3 is 14.5 Å². The number of carbonyl (C=O) groups excluding carboxylic acids is 1. The molecule has 1 N–H and O–H groups in total. The Morgan fingerprint density at radius 2 is 2.24 bits per heavy atom. The van der Waals surface area contributed by atoms with Crippen molar-refractivity contribution in [2.24, 2.45) is 0 Å². The number of nitriles is 1. The normalized spacial score (nSPS) is 17.2. The Morgan fingerprint density at radius 1 is 1.37 bits per heavy atom. The monoisotopic (exact) mass is 531 g/mol. The van der Waals surface area contributed by atoms with Crippen molar-refractivity contribution in [2.75, 3.05) is 31.1 Å². The summed E-state index contributed by atoms with van der Waals surface area (Å²) < 4.78 is 21.1. The van der Waals surface area contributed by atoms with Gasteiger partial charge in [-0.1, -0.05) is 18.2 Å². The maximum Gasteiger partial charge on any atom is 0.246 e. The minimum atomic E-state index is -0.539. The second kappa shape index (κ2) is 9.58. The number of fused-ring (bicyclic) bond motifs is 4. The zero-order valence-electron chi connectivity index (χ0n) is 20.4. The Morgan fingerprint density at radius 3 is 3.05 bits per heavy atom. The van der Waals surface area contributed by atoms with Gasteiger partial charge in [-0.25, -0.2) is 14.4 Å². The highest BCUT2D eigenvalue weighted by Gasteiger charge is 2.32. The molecule has 2 aromatic carbocycles. The smallest absolute Gasteiger partial charge is 0.246 e. The van der Waals surface area contributed by atoms with Crippen molar-refractivity contribution in [2.45, 2.75) is 25.3 Å². The molecule has 0 saturated carbocycles. The number of amides is 1. The summed E-state index contributed by atoms with van der Waals surface area (Å²) in [6.07, 6.45) is 6.10. The van der Waals surface area contributed by atoms with Crippen molar-refractivity contribution >= 4 is 45.1 Å². The van der Waals surface area contributed by atoms with Gasteiger partial charge in [-0.05, 0) is 30.5 Å². The number of H-pyrrole nitrogens is 1. The van der Waals surface area contributed by atoms with Gasteiger partial charge in [0.25, 0.3) is 0 Å². The van der Waals surface area contributed by atoms with Crippen molar-refractivity contribution in [3.8, 4) is 22.9 Å². The topological polar surface area (TPSA) is 111 Å². The number of benzene rings is 2. The highest BCUT2D eigenvalue weighted by molar-refractivity contribution is 6.35. The average Bonchev–Trinajstić information content (AvgIpc) is 3.40. The van der Waals surface area contributed by atoms with Crippen LogP contribution < -0.4 is 9.64 Å². The SMILES string of the molecule is C=CC(=O)N1CCN(c2ncnc3cc(-c4c(Cl)c(F)cc5[nH]ncc45)c4c(c23)OCCC4)C[C@@H]1CC#N. The molecule has 0 radical (unpaired) electrons. The summed E-state index contributed by atoms with van der Waals surface area (Å²) in [5.41, 5.74) is 3.38. The third-order valence-electron chi connectivity index (χ3n) is 7.26. The van der Waals surface area contributed by atoms with Gasteiger partial charge in [-0.3, -0.25) is 9.89 Å². The van der Waals surface area contributed by atoms with Gasteiger partial charge in [0.05, 0.1) is 52.8 Å². The van der Waals surface area contributed by atoms with Crippen LogP contribution in [-0.4, -0.2) is 63.3 Å². The molecule has 192 valence electrons. The summed E-state index contributed by atoms with van der Waals surface area (Å²) in [7, 11) is 0. The Bertz CT molecular complexity index is 1650. The van der Waals surface area contributed by atoms with Crippen molar-refractivity contribution < 1.29 is 13.9 Å². The molecule has 11 heteroatoms. The maximum absolute atomic E-state index is 14.8. The molecule has 2 aliphatic heterocycles. The lowest BCUT2D eigenvalue weighted by Crippen LogP contribution is -2.55. The summed E-state index contributed by atoms with van der Waals surface area (Å²) in [5, 5.41) is 17.8. The number of piperazine rings is 1. The molecule has 9 nitrogen and oxygen atoms in total. The van der Waals surface area contributed by atoms with Crippen molar-refractivity contribution in [1.29, 1.82) is 5.26 Å². The molecule has 38 heavy (non-hydrogen) atoms. The van der Waals surface area contributed by atoms with Crippen LogP contribution >= 0.6 is 11.6 Å². The van der Waals surface area contributed by atoms with Gasteiger partial charge in [0.1, 0.15) is 23.7 Å². The highest BCUT2D eigenvalue weighted by atomic mass is 35.5. The molecule has 2 aromatic heterocycles. The van der Waals surface area contributed by atoms with Crippen molar-refractivity contribution in [3.05, 3.63) is 53.7 Å². The summed E-state index contributed by atoms with van der Waals surface area (Å²) in [5.74, 6) is 0.591. The molecule has 1 fully saturated rings. The minimum Gasteiger partial charge on any atom is -0.492 e. The van der Waals surface area contributed by atoms with Crippen molar-refractivity contribution in [1.82, 2.24) is 25.1 Å². The van der Waals surface area contributed by atoms with E-state index in [1.165, 1.54) is 18.5 Å². The van der Waals surface area contributed by atoms with E-state index in [1.807, 2.05) is 6.07 Å². The third-order valence-corrected chi connectivity index (χ3v) is 7.63. The molecule has 4 heterocycles. The van der Waals surface area contributed by atoms with Crippen LogP contribution in [-0.2, 0) is 11.2 Å². The van der Waals surface area contributed by atoms with E-state index in [0.717, 1.165) is 22.9 Å². The number of rotatable bonds is 4. The van der Waals surface area contributed by atoms with Gasteiger partial charge >= 0.3 is 0 Å². The molecule has 1 saturated heterocycles. The molecule has 0 aliphatic carbocycles. The second-order valence-electron chi connectivity index (χ2n) is 9.35. The summed E-state index contributed by atoms with van der Waals surface area (Å²) >= 11 is 6.54. The van der Waals surface area contributed by atoms with E-state index in [2.05, 4.69) is 37.7 Å². The van der Waals surface area contributed by atoms with Crippen LogP contribution in [0.2, 0.25) is 5.02 Å². The number of hydrogen-bond donors (Lipinski definition) is 1. The molecule has 4 aromatic rings. The lowest BCUT2D eigenvalue weighted by molar-refractivity contribution is -0.128. The summed E-state index contributed by atoms with van der Waals surface area (Å²) in [4.78, 5) is 25.3. The second-order valence-corrected chi connectivity index (χ2v) is 9.73. The zero-order chi connectivity index (χ0) is 26.4. The fourth-order valence-corrected chi connectivity index (χ4v) is 5.80. The first-order valence-electron chi connectivity index (χ1n) is 12.3. The van der Waals surface area contributed by atoms with Crippen LogP contribution in [0.3, 0.4) is 0 Å². The number of nitrogens with zero attached hydrogens (tertiary/aromatic N) is 6. The lowest BCUT2D eigenvalue weighted by Gasteiger charge is -2.41. The first kappa shape index (κ1) is 24.1. The predicted octanol–water partition coefficient (Wildman–Crippen LogP) is 4.41. The number of aromatic amines is 1. The summed E-state index contributed by atoms with van der Waals surface area (Å²) in [6, 6.07) is 5.13. The molecule has 2 aliphatic rings. The summed E-state index contributed by atoms with van der Waals surface area (Å²) in [6.45, 7) is 5.50. The first-order chi connectivity index (χ1) is 18.5. The molecule has 0 unspecified atom stereocenters. The van der Waals surface area contributed by atoms with Crippen LogP contribution in [0.4, 0.5) is 10.2 Å². The predicted molar refractivity (Wildman–Crippen MR) is 142 cm³/mol. The molecule has 1 atom stereocenters. The van der Waals surface area contributed by atoms with Crippen molar-refractivity contribution in [3.63, 3.8) is 0 Å². The fourth-order valence-electron chi connectivity index (χ4n) is 5.54. The van der Waals surface area contributed by atoms with Crippen LogP contribution in [0.15, 0.2) is 37.3 Å². The number of ether oxygens (including phenoxy) is 1. The van der Waals surface area contributed by atoms with Gasteiger partial charge in [0.2, 0.25) is 5.91 Å². The van der Waals surface area contributed by atoms with E-state index in [-0.39, 0.29) is 23.4 Å². The number of carbonyl (C=O) groups is 1. The van der Waals surface area contributed by atoms with Gasteiger partial charge in [-0.15, -0.1) is 0 Å². The average molecular weight is 532 g/mol. The lowest BCUT2D eigenvalue weighted by atomic mass is 9.90. The van der Waals surface area contributed by atoms with E-state index in [9.17, 15) is 14.4 Å². The minimum absolute atomic E-state index is 0.0163. The largest absolute Gasteiger partial charge is 0.492 e. The molecule has 6 rings (SSSR count). The van der Waals surface area contributed by atoms with Gasteiger partial charge in [-0.2, -0.15) is 10.4 Å². The Kier molecular flexibility index (Phi) is 6.08. The standard InChI is InChI=1S/C27H23ClFN7O2/c1-2-22(37)36-8-7-35(13-15(36)5-6-30)27-24-21(31-14-32-27)10-17(16-4-3-9-38-26(16)24)23-18-12-33-34-20(18)11-19(29)25(23)28/h2,10-12,14-15H,1,3-5,7-9,13H2,(H,33,34)/t15-/m0/s1. The number of aromatic nitrogens is 4. The number of anilines is 1. The molecular formula is C27H23ClFN7O2. The Hall–Kier alpha value is -4.23. The van der Waals surface area contributed by atoms with Crippen LogP contribution in [0.25, 0.3) is 32.9 Å². The van der Waals surface area contributed by atoms with Crippen LogP contribution in [0, 0.1) is 17.1 Å². The van der Waals surface area contributed by atoms with E-state index in [4.69, 9.17) is 16.3 Å². The number of nitrogens with one attached hydrogen (secondary N) is 1. The van der Waals surface area contributed by atoms with Gasteiger partial charge in [0, 0.05) is 42.2 Å². The maximum atomic E-state index is 14.8. The van der Waals surface area contributed by atoms with E-state index in [0.29, 0.717) is 66.2 Å². The molecule has 1 amide bonds. The van der Waals surface area contributed by atoms with E-state index in [1.54, 1.807) is 11.1 Å². The van der Waals surface area contributed by atoms with Crippen LogP contribution in [0.5, 0.6) is 5.75 Å². The van der Waals surface area contributed by atoms with Gasteiger partial charge in [0.15, 0.2) is 0 Å². The number of hydrogen-bond acceptors (Lipinski definition) is 7. The Balaban J connectivity index is 1.53. The fraction of sp³-hybridized carbons (Fsp3) is 0.296. The quantitative estimate of drug-likeness (QED) is 0.388. The molecular weight excluding hydrogens is 509 g/mol. The number of halogens is 2. The van der Waals surface area contributed by atoms with Crippen LogP contribution in [0.1, 0.15) is 18.4 Å².